The summed E-state index contributed by atoms with van der Waals surface area (Å²) >= 11 is 6.99. The molecule has 0 atom stereocenters. The molecule has 0 aliphatic heterocycles. The molecule has 1 aromatic heterocycles. The second-order valence-electron chi connectivity index (χ2n) is 3.37. The largest absolute Gasteiger partial charge is 0.298 e. The van der Waals surface area contributed by atoms with Crippen LogP contribution >= 0.6 is 22.9 Å². The van der Waals surface area contributed by atoms with Crippen molar-refractivity contribution < 1.29 is 9.18 Å². The Hall–Kier alpha value is -1.46. The first-order valence-corrected chi connectivity index (χ1v) is 6.00. The van der Waals surface area contributed by atoms with Gasteiger partial charge in [-0.2, -0.15) is 0 Å². The van der Waals surface area contributed by atoms with Crippen molar-refractivity contribution in [2.75, 3.05) is 5.32 Å². The number of rotatable bonds is 2. The highest BCUT2D eigenvalue weighted by atomic mass is 35.5. The molecule has 6 heteroatoms. The van der Waals surface area contributed by atoms with Crippen LogP contribution in [0.3, 0.4) is 0 Å². The predicted molar refractivity (Wildman–Crippen MR) is 66.2 cm³/mol. The Kier molecular flexibility index (Phi) is 3.40. The molecule has 0 spiro atoms. The summed E-state index contributed by atoms with van der Waals surface area (Å²) in [6.07, 6.45) is 0. The summed E-state index contributed by atoms with van der Waals surface area (Å²) in [4.78, 5) is 15.8. The molecule has 0 bridgehead atoms. The van der Waals surface area contributed by atoms with E-state index in [1.807, 2.05) is 6.92 Å². The number of benzene rings is 1. The van der Waals surface area contributed by atoms with Gasteiger partial charge in [-0.15, -0.1) is 11.3 Å². The van der Waals surface area contributed by atoms with Gasteiger partial charge in [0.15, 0.2) is 5.13 Å². The van der Waals surface area contributed by atoms with E-state index in [0.717, 1.165) is 11.8 Å². The molecule has 2 rings (SSSR count). The van der Waals surface area contributed by atoms with Crippen molar-refractivity contribution in [1.29, 1.82) is 0 Å². The number of halogens is 2. The highest BCUT2D eigenvalue weighted by molar-refractivity contribution is 7.13. The maximum absolute atomic E-state index is 13.4. The van der Waals surface area contributed by atoms with E-state index in [1.165, 1.54) is 23.5 Å². The van der Waals surface area contributed by atoms with Crippen molar-refractivity contribution in [3.05, 3.63) is 45.7 Å². The van der Waals surface area contributed by atoms with Crippen molar-refractivity contribution in [2.45, 2.75) is 6.92 Å². The van der Waals surface area contributed by atoms with E-state index < -0.39 is 11.7 Å². The summed E-state index contributed by atoms with van der Waals surface area (Å²) in [7, 11) is 0. The van der Waals surface area contributed by atoms with Crippen LogP contribution in [0.2, 0.25) is 5.02 Å². The lowest BCUT2D eigenvalue weighted by molar-refractivity contribution is 0.102. The van der Waals surface area contributed by atoms with Gasteiger partial charge in [-0.3, -0.25) is 10.1 Å². The number of hydrogen-bond donors (Lipinski definition) is 1. The smallest absolute Gasteiger partial charge is 0.260 e. The zero-order chi connectivity index (χ0) is 12.4. The Morgan fingerprint density at radius 1 is 1.53 bits per heavy atom. The van der Waals surface area contributed by atoms with Crippen molar-refractivity contribution in [1.82, 2.24) is 4.98 Å². The fourth-order valence-corrected chi connectivity index (χ4v) is 2.10. The summed E-state index contributed by atoms with van der Waals surface area (Å²) in [5, 5.41) is 5.06. The van der Waals surface area contributed by atoms with Gasteiger partial charge in [0.05, 0.1) is 11.3 Å². The third kappa shape index (κ3) is 2.81. The molecule has 1 amide bonds. The first-order chi connectivity index (χ1) is 8.06. The summed E-state index contributed by atoms with van der Waals surface area (Å²) in [6, 6.07) is 3.83. The molecule has 1 aromatic carbocycles. The Bertz CT molecular complexity index is 570. The van der Waals surface area contributed by atoms with Crippen molar-refractivity contribution in [2.24, 2.45) is 0 Å². The number of aromatic nitrogens is 1. The molecule has 1 N–H and O–H groups in total. The monoisotopic (exact) mass is 270 g/mol. The molecule has 0 saturated carbocycles. The highest BCUT2D eigenvalue weighted by Gasteiger charge is 2.13. The summed E-state index contributed by atoms with van der Waals surface area (Å²) in [5.41, 5.74) is 0.710. The van der Waals surface area contributed by atoms with Gasteiger partial charge in [0, 0.05) is 10.4 Å². The Morgan fingerprint density at radius 3 is 2.94 bits per heavy atom. The Morgan fingerprint density at radius 2 is 2.29 bits per heavy atom. The van der Waals surface area contributed by atoms with Crippen LogP contribution in [0.4, 0.5) is 9.52 Å². The SMILES string of the molecule is Cc1csc(NC(=O)c2cc(Cl)ccc2F)n1. The second kappa shape index (κ2) is 4.81. The fourth-order valence-electron chi connectivity index (χ4n) is 1.25. The lowest BCUT2D eigenvalue weighted by Gasteiger charge is -2.03. The van der Waals surface area contributed by atoms with Crippen LogP contribution in [0.5, 0.6) is 0 Å². The first kappa shape index (κ1) is 12.0. The summed E-state index contributed by atoms with van der Waals surface area (Å²) < 4.78 is 13.4. The number of nitrogens with zero attached hydrogens (tertiary/aromatic N) is 1. The number of thiazole rings is 1. The lowest BCUT2D eigenvalue weighted by Crippen LogP contribution is -2.13. The molecular weight excluding hydrogens is 263 g/mol. The van der Waals surface area contributed by atoms with Gasteiger partial charge in [0.25, 0.3) is 5.91 Å². The second-order valence-corrected chi connectivity index (χ2v) is 4.67. The van der Waals surface area contributed by atoms with Gasteiger partial charge >= 0.3 is 0 Å². The van der Waals surface area contributed by atoms with Crippen LogP contribution < -0.4 is 5.32 Å². The van der Waals surface area contributed by atoms with Gasteiger partial charge in [-0.25, -0.2) is 9.37 Å². The molecule has 1 heterocycles. The maximum Gasteiger partial charge on any atom is 0.260 e. The van der Waals surface area contributed by atoms with Crippen LogP contribution in [0, 0.1) is 12.7 Å². The van der Waals surface area contributed by atoms with Crippen LogP contribution in [0.25, 0.3) is 0 Å². The lowest BCUT2D eigenvalue weighted by atomic mass is 10.2. The van der Waals surface area contributed by atoms with Gasteiger partial charge < -0.3 is 0 Å². The average Bonchev–Trinajstić information content (AvgIpc) is 2.67. The fraction of sp³-hybridized carbons (Fsp3) is 0.0909. The van der Waals surface area contributed by atoms with Crippen molar-refractivity contribution >= 4 is 34.0 Å². The number of hydrogen-bond acceptors (Lipinski definition) is 3. The van der Waals surface area contributed by atoms with E-state index >= 15 is 0 Å². The van der Waals surface area contributed by atoms with Gasteiger partial charge in [-0.05, 0) is 25.1 Å². The van der Waals surface area contributed by atoms with Crippen LogP contribution in [0.15, 0.2) is 23.6 Å². The van der Waals surface area contributed by atoms with E-state index in [0.29, 0.717) is 10.2 Å². The molecule has 17 heavy (non-hydrogen) atoms. The van der Waals surface area contributed by atoms with Crippen LogP contribution in [0.1, 0.15) is 16.1 Å². The van der Waals surface area contributed by atoms with Crippen molar-refractivity contribution in [3.63, 3.8) is 0 Å². The molecule has 0 fully saturated rings. The predicted octanol–water partition coefficient (Wildman–Crippen LogP) is 3.50. The minimum atomic E-state index is -0.611. The molecule has 2 aromatic rings. The number of aryl methyl sites for hydroxylation is 1. The molecule has 3 nitrogen and oxygen atoms in total. The minimum Gasteiger partial charge on any atom is -0.298 e. The van der Waals surface area contributed by atoms with Gasteiger partial charge in [-0.1, -0.05) is 11.6 Å². The van der Waals surface area contributed by atoms with E-state index in [1.54, 1.807) is 5.38 Å². The van der Waals surface area contributed by atoms with Crippen LogP contribution in [-0.2, 0) is 0 Å². The Balaban J connectivity index is 2.22. The van der Waals surface area contributed by atoms with E-state index in [4.69, 9.17) is 11.6 Å². The standard InChI is InChI=1S/C11H8ClFN2OS/c1-6-5-17-11(14-6)15-10(16)8-4-7(12)2-3-9(8)13/h2-5H,1H3,(H,14,15,16). The normalized spacial score (nSPS) is 10.3. The van der Waals surface area contributed by atoms with Gasteiger partial charge in [0.2, 0.25) is 0 Å². The zero-order valence-corrected chi connectivity index (χ0v) is 10.4. The summed E-state index contributed by atoms with van der Waals surface area (Å²) in [6.45, 7) is 1.81. The first-order valence-electron chi connectivity index (χ1n) is 4.75. The number of amides is 1. The molecule has 0 unspecified atom stereocenters. The Labute approximate surface area is 106 Å². The quantitative estimate of drug-likeness (QED) is 0.907. The van der Waals surface area contributed by atoms with E-state index in [9.17, 15) is 9.18 Å². The van der Waals surface area contributed by atoms with Gasteiger partial charge in [0.1, 0.15) is 5.82 Å². The molecule has 0 aliphatic carbocycles. The van der Waals surface area contributed by atoms with E-state index in [2.05, 4.69) is 10.3 Å². The third-order valence-corrected chi connectivity index (χ3v) is 3.12. The molecular formula is C11H8ClFN2OS. The molecule has 0 saturated heterocycles. The minimum absolute atomic E-state index is 0.0923. The number of carbonyl (C=O) groups excluding carboxylic acids is 1. The maximum atomic E-state index is 13.4. The molecule has 0 radical (unpaired) electrons. The van der Waals surface area contributed by atoms with E-state index in [-0.39, 0.29) is 5.56 Å². The van der Waals surface area contributed by atoms with Crippen LogP contribution in [-0.4, -0.2) is 10.9 Å². The highest BCUT2D eigenvalue weighted by Crippen LogP contribution is 2.19. The molecule has 88 valence electrons. The number of anilines is 1. The molecule has 0 aliphatic rings. The summed E-state index contributed by atoms with van der Waals surface area (Å²) in [5.74, 6) is -1.17. The average molecular weight is 271 g/mol. The topological polar surface area (TPSA) is 42.0 Å². The number of nitrogens with one attached hydrogen (secondary N) is 1. The number of carbonyl (C=O) groups is 1. The van der Waals surface area contributed by atoms with Crippen molar-refractivity contribution in [3.8, 4) is 0 Å². The zero-order valence-electron chi connectivity index (χ0n) is 8.83. The third-order valence-electron chi connectivity index (χ3n) is 2.01.